The number of amides is 1. The zero-order valence-corrected chi connectivity index (χ0v) is 29.7. The maximum Gasteiger partial charge on any atom is 0.338 e. The summed E-state index contributed by atoms with van der Waals surface area (Å²) in [5, 5.41) is 8.50. The van der Waals surface area contributed by atoms with Crippen molar-refractivity contribution < 1.29 is 28.2 Å². The Morgan fingerprint density at radius 2 is 1.81 bits per heavy atom. The van der Waals surface area contributed by atoms with Crippen LogP contribution >= 0.6 is 27.7 Å². The summed E-state index contributed by atoms with van der Waals surface area (Å²) >= 11 is 4.98. The van der Waals surface area contributed by atoms with E-state index in [-0.39, 0.29) is 24.4 Å². The number of nitrogens with zero attached hydrogens (tertiary/aromatic N) is 4. The van der Waals surface area contributed by atoms with E-state index in [4.69, 9.17) is 24.3 Å². The van der Waals surface area contributed by atoms with Gasteiger partial charge in [0, 0.05) is 24.5 Å². The Balaban J connectivity index is 1.33. The van der Waals surface area contributed by atoms with Crippen LogP contribution in [-0.4, -0.2) is 63.9 Å². The first-order valence-corrected chi connectivity index (χ1v) is 18.5. The minimum Gasteiger partial charge on any atom is -0.490 e. The van der Waals surface area contributed by atoms with E-state index in [2.05, 4.69) is 21.2 Å². The number of benzene rings is 2. The monoisotopic (exact) mass is 741 g/mol. The molecule has 2 fully saturated rings. The number of hydrogen-bond acceptors (Lipinski definition) is 9. The Morgan fingerprint density at radius 1 is 1.06 bits per heavy atom. The molecular formula is C35H41BrFN5O5S. The zero-order valence-electron chi connectivity index (χ0n) is 27.3. The third-order valence-corrected chi connectivity index (χ3v) is 10.4. The smallest absolute Gasteiger partial charge is 0.338 e. The molecule has 0 spiro atoms. The normalized spacial score (nSPS) is 18.2. The number of carbonyl (C=O) groups excluding carboxylic acids is 2. The SMILES string of the molecule is CCOc1cc(C2C(C(=O)OC3CCCCC3)=C(C)Nc3nc(SCc4ccccc4F)nn32)cc(Br)c1OCC(=O)N1CCCCC1. The molecule has 1 aromatic heterocycles. The molecule has 1 saturated heterocycles. The van der Waals surface area contributed by atoms with Crippen molar-refractivity contribution in [2.75, 3.05) is 31.6 Å². The fourth-order valence-electron chi connectivity index (χ4n) is 6.44. The van der Waals surface area contributed by atoms with Gasteiger partial charge in [0.2, 0.25) is 11.1 Å². The first kappa shape index (κ1) is 34.3. The number of hydrogen-bond donors (Lipinski definition) is 1. The first-order valence-electron chi connectivity index (χ1n) is 16.7. The molecular weight excluding hydrogens is 701 g/mol. The van der Waals surface area contributed by atoms with Gasteiger partial charge in [-0.2, -0.15) is 4.98 Å². The Kier molecular flexibility index (Phi) is 11.3. The standard InChI is InChI=1S/C35H41BrFN5O5S/c1-3-45-28-19-24(18-26(36)32(28)46-20-29(43)41-16-10-5-11-17-41)31-30(33(44)47-25-13-6-4-7-14-25)22(2)38-34-39-35(40-42(31)34)48-21-23-12-8-9-15-27(23)37/h8-9,12,15,18-19,25,31H,3-7,10-11,13-14,16-17,20-21H2,1-2H3,(H,38,39,40). The molecule has 1 unspecified atom stereocenters. The Labute approximate surface area is 292 Å². The molecule has 2 aliphatic heterocycles. The van der Waals surface area contributed by atoms with Gasteiger partial charge >= 0.3 is 5.97 Å². The maximum atomic E-state index is 14.4. The molecule has 1 atom stereocenters. The van der Waals surface area contributed by atoms with Crippen LogP contribution in [0.25, 0.3) is 0 Å². The number of likely N-dealkylation sites (tertiary alicyclic amines) is 1. The van der Waals surface area contributed by atoms with Crippen molar-refractivity contribution in [3.05, 3.63) is 69.1 Å². The third-order valence-electron chi connectivity index (χ3n) is 8.89. The summed E-state index contributed by atoms with van der Waals surface area (Å²) < 4.78 is 34.8. The predicted octanol–water partition coefficient (Wildman–Crippen LogP) is 7.43. The topological polar surface area (TPSA) is 108 Å². The number of allylic oxidation sites excluding steroid dienone is 1. The number of ether oxygens (including phenoxy) is 3. The number of nitrogens with one attached hydrogen (secondary N) is 1. The van der Waals surface area contributed by atoms with Crippen LogP contribution in [0.3, 0.4) is 0 Å². The lowest BCUT2D eigenvalue weighted by molar-refractivity contribution is -0.146. The van der Waals surface area contributed by atoms with Gasteiger partial charge in [-0.1, -0.05) is 36.4 Å². The van der Waals surface area contributed by atoms with Crippen molar-refractivity contribution in [1.29, 1.82) is 0 Å². The van der Waals surface area contributed by atoms with Crippen LogP contribution < -0.4 is 14.8 Å². The fraction of sp³-hybridized carbons (Fsp3) is 0.486. The molecule has 1 amide bonds. The van der Waals surface area contributed by atoms with Gasteiger partial charge < -0.3 is 24.4 Å². The summed E-state index contributed by atoms with van der Waals surface area (Å²) in [5.41, 5.74) is 2.25. The predicted molar refractivity (Wildman–Crippen MR) is 185 cm³/mol. The highest BCUT2D eigenvalue weighted by atomic mass is 79.9. The second-order valence-electron chi connectivity index (χ2n) is 12.3. The largest absolute Gasteiger partial charge is 0.490 e. The van der Waals surface area contributed by atoms with Crippen molar-refractivity contribution in [2.24, 2.45) is 0 Å². The lowest BCUT2D eigenvalue weighted by Gasteiger charge is -2.30. The van der Waals surface area contributed by atoms with Crippen molar-refractivity contribution in [2.45, 2.75) is 88.3 Å². The second-order valence-corrected chi connectivity index (χ2v) is 14.1. The average molecular weight is 743 g/mol. The van der Waals surface area contributed by atoms with Crippen LogP contribution in [0.4, 0.5) is 10.3 Å². The molecule has 3 aliphatic rings. The van der Waals surface area contributed by atoms with Crippen LogP contribution in [0.2, 0.25) is 0 Å². The molecule has 2 aromatic carbocycles. The molecule has 256 valence electrons. The van der Waals surface area contributed by atoms with E-state index in [1.807, 2.05) is 30.9 Å². The highest BCUT2D eigenvalue weighted by Gasteiger charge is 2.37. The highest BCUT2D eigenvalue weighted by Crippen LogP contribution is 2.44. The molecule has 10 nitrogen and oxygen atoms in total. The van der Waals surface area contributed by atoms with Gasteiger partial charge in [0.1, 0.15) is 18.0 Å². The van der Waals surface area contributed by atoms with E-state index in [1.165, 1.54) is 17.8 Å². The van der Waals surface area contributed by atoms with Crippen molar-refractivity contribution in [1.82, 2.24) is 19.7 Å². The molecule has 6 rings (SSSR count). The summed E-state index contributed by atoms with van der Waals surface area (Å²) in [7, 11) is 0. The Bertz CT molecular complexity index is 1670. The third kappa shape index (κ3) is 7.83. The molecule has 3 aromatic rings. The number of carbonyl (C=O) groups is 2. The summed E-state index contributed by atoms with van der Waals surface area (Å²) in [4.78, 5) is 33.5. The van der Waals surface area contributed by atoms with Gasteiger partial charge in [-0.05, 0) is 104 Å². The number of aromatic nitrogens is 3. The van der Waals surface area contributed by atoms with Crippen LogP contribution in [-0.2, 0) is 20.1 Å². The quantitative estimate of drug-likeness (QED) is 0.159. The molecule has 1 aliphatic carbocycles. The van der Waals surface area contributed by atoms with Crippen LogP contribution in [0, 0.1) is 5.82 Å². The van der Waals surface area contributed by atoms with E-state index in [0.29, 0.717) is 61.8 Å². The van der Waals surface area contributed by atoms with Crippen LogP contribution in [0.1, 0.15) is 82.4 Å². The zero-order chi connectivity index (χ0) is 33.6. The van der Waals surface area contributed by atoms with Gasteiger partial charge in [0.15, 0.2) is 18.1 Å². The lowest BCUT2D eigenvalue weighted by atomic mass is 9.94. The minimum absolute atomic E-state index is 0.0644. The number of esters is 1. The lowest BCUT2D eigenvalue weighted by Crippen LogP contribution is -2.38. The Morgan fingerprint density at radius 3 is 2.56 bits per heavy atom. The average Bonchev–Trinajstić information content (AvgIpc) is 3.50. The van der Waals surface area contributed by atoms with E-state index in [0.717, 1.165) is 64.5 Å². The summed E-state index contributed by atoms with van der Waals surface area (Å²) in [5.74, 6) is 0.858. The number of anilines is 1. The molecule has 13 heteroatoms. The summed E-state index contributed by atoms with van der Waals surface area (Å²) in [6.45, 7) is 5.43. The van der Waals surface area contributed by atoms with Gasteiger partial charge in [0.05, 0.1) is 16.7 Å². The van der Waals surface area contributed by atoms with Gasteiger partial charge in [-0.3, -0.25) is 4.79 Å². The van der Waals surface area contributed by atoms with Gasteiger partial charge in [0.25, 0.3) is 5.91 Å². The molecule has 3 heterocycles. The van der Waals surface area contributed by atoms with Crippen molar-refractivity contribution >= 4 is 45.5 Å². The molecule has 0 bridgehead atoms. The van der Waals surface area contributed by atoms with Crippen molar-refractivity contribution in [3.8, 4) is 11.5 Å². The van der Waals surface area contributed by atoms with Crippen LogP contribution in [0.5, 0.6) is 11.5 Å². The van der Waals surface area contributed by atoms with E-state index < -0.39 is 12.0 Å². The van der Waals surface area contributed by atoms with Crippen LogP contribution in [0.15, 0.2) is 57.3 Å². The fourth-order valence-corrected chi connectivity index (χ4v) is 7.83. The van der Waals surface area contributed by atoms with Gasteiger partial charge in [-0.15, -0.1) is 5.10 Å². The van der Waals surface area contributed by atoms with E-state index in [9.17, 15) is 14.0 Å². The number of piperidine rings is 1. The summed E-state index contributed by atoms with van der Waals surface area (Å²) in [6.07, 6.45) is 7.85. The van der Waals surface area contributed by atoms with Gasteiger partial charge in [-0.25, -0.2) is 13.9 Å². The molecule has 0 radical (unpaired) electrons. The first-order chi connectivity index (χ1) is 23.3. The molecule has 1 N–H and O–H groups in total. The molecule has 1 saturated carbocycles. The van der Waals surface area contributed by atoms with E-state index in [1.54, 1.807) is 22.9 Å². The Hall–Kier alpha value is -3.58. The maximum absolute atomic E-state index is 14.4. The number of fused-ring (bicyclic) bond motifs is 1. The number of thioether (sulfide) groups is 1. The van der Waals surface area contributed by atoms with Crippen molar-refractivity contribution in [3.63, 3.8) is 0 Å². The minimum atomic E-state index is -0.716. The second kappa shape index (κ2) is 15.8. The molecule has 48 heavy (non-hydrogen) atoms. The summed E-state index contributed by atoms with van der Waals surface area (Å²) in [6, 6.07) is 9.59. The number of halogens is 2. The van der Waals surface area contributed by atoms with E-state index >= 15 is 0 Å². The highest BCUT2D eigenvalue weighted by molar-refractivity contribution is 9.10. The number of rotatable bonds is 11.